The van der Waals surface area contributed by atoms with Crippen LogP contribution in [0.5, 0.6) is 0 Å². The fraction of sp³-hybridized carbons (Fsp3) is 0.619. The second-order valence-corrected chi connectivity index (χ2v) is 7.80. The number of morpholine rings is 1. The molecule has 0 atom stereocenters. The molecule has 1 aliphatic heterocycles. The standard InChI is InChI=1S/C21H31N3O3/c1-17(2)24(16-18-6-4-3-5-7-18)20(26)21(8-9-21)19(25)22-10-11-23-12-14-27-15-13-23/h3-7,17H,8-16H2,1-2H3,(H,22,25). The summed E-state index contributed by atoms with van der Waals surface area (Å²) in [6, 6.07) is 10.0. The zero-order valence-corrected chi connectivity index (χ0v) is 16.4. The Labute approximate surface area is 161 Å². The van der Waals surface area contributed by atoms with E-state index in [4.69, 9.17) is 4.74 Å². The summed E-state index contributed by atoms with van der Waals surface area (Å²) in [5.74, 6) is -0.148. The zero-order chi connectivity index (χ0) is 19.3. The molecule has 0 unspecified atom stereocenters. The van der Waals surface area contributed by atoms with Crippen molar-refractivity contribution in [1.29, 1.82) is 0 Å². The Balaban J connectivity index is 1.56. The van der Waals surface area contributed by atoms with Crippen molar-refractivity contribution < 1.29 is 14.3 Å². The molecule has 1 aliphatic carbocycles. The lowest BCUT2D eigenvalue weighted by Crippen LogP contribution is -2.49. The van der Waals surface area contributed by atoms with Gasteiger partial charge in [0, 0.05) is 38.8 Å². The van der Waals surface area contributed by atoms with Gasteiger partial charge in [-0.1, -0.05) is 30.3 Å². The summed E-state index contributed by atoms with van der Waals surface area (Å²) in [5, 5.41) is 3.00. The van der Waals surface area contributed by atoms with E-state index in [0.717, 1.165) is 38.4 Å². The third-order valence-corrected chi connectivity index (χ3v) is 5.49. The van der Waals surface area contributed by atoms with Gasteiger partial charge in [-0.05, 0) is 32.3 Å². The number of amides is 2. The van der Waals surface area contributed by atoms with Gasteiger partial charge in [0.2, 0.25) is 11.8 Å². The molecule has 2 amide bonds. The highest BCUT2D eigenvalue weighted by molar-refractivity contribution is 6.07. The maximum Gasteiger partial charge on any atom is 0.238 e. The third-order valence-electron chi connectivity index (χ3n) is 5.49. The van der Waals surface area contributed by atoms with Crippen LogP contribution in [0.25, 0.3) is 0 Å². The number of hydrogen-bond donors (Lipinski definition) is 1. The third kappa shape index (κ3) is 4.87. The minimum absolute atomic E-state index is 0.0368. The van der Waals surface area contributed by atoms with Gasteiger partial charge in [0.15, 0.2) is 0 Å². The Morgan fingerprint density at radius 1 is 1.19 bits per heavy atom. The molecule has 1 heterocycles. The van der Waals surface area contributed by atoms with E-state index >= 15 is 0 Å². The van der Waals surface area contributed by atoms with E-state index in [9.17, 15) is 9.59 Å². The lowest BCUT2D eigenvalue weighted by Gasteiger charge is -2.31. The fourth-order valence-corrected chi connectivity index (χ4v) is 3.53. The van der Waals surface area contributed by atoms with E-state index in [1.54, 1.807) is 0 Å². The van der Waals surface area contributed by atoms with Gasteiger partial charge >= 0.3 is 0 Å². The number of hydrogen-bond acceptors (Lipinski definition) is 4. The van der Waals surface area contributed by atoms with E-state index < -0.39 is 5.41 Å². The SMILES string of the molecule is CC(C)N(Cc1ccccc1)C(=O)C1(C(=O)NCCN2CCOCC2)CC1. The molecular formula is C21H31N3O3. The minimum Gasteiger partial charge on any atom is -0.379 e. The summed E-state index contributed by atoms with van der Waals surface area (Å²) in [6.45, 7) is 9.24. The van der Waals surface area contributed by atoms with E-state index in [0.29, 0.717) is 25.9 Å². The van der Waals surface area contributed by atoms with Crippen LogP contribution in [0.1, 0.15) is 32.3 Å². The summed E-state index contributed by atoms with van der Waals surface area (Å²) in [6.07, 6.45) is 1.29. The maximum absolute atomic E-state index is 13.2. The molecule has 27 heavy (non-hydrogen) atoms. The second-order valence-electron chi connectivity index (χ2n) is 7.80. The first-order valence-corrected chi connectivity index (χ1v) is 9.96. The first-order valence-electron chi connectivity index (χ1n) is 9.96. The highest BCUT2D eigenvalue weighted by Gasteiger charge is 2.58. The van der Waals surface area contributed by atoms with E-state index in [2.05, 4.69) is 10.2 Å². The van der Waals surface area contributed by atoms with Crippen LogP contribution in [0.2, 0.25) is 0 Å². The smallest absolute Gasteiger partial charge is 0.238 e. The number of carbonyl (C=O) groups is 2. The van der Waals surface area contributed by atoms with Crippen LogP contribution in [0.4, 0.5) is 0 Å². The van der Waals surface area contributed by atoms with Crippen LogP contribution in [0.3, 0.4) is 0 Å². The molecule has 1 saturated heterocycles. The minimum atomic E-state index is -0.857. The molecule has 6 nitrogen and oxygen atoms in total. The lowest BCUT2D eigenvalue weighted by atomic mass is 10.0. The molecule has 3 rings (SSSR count). The summed E-state index contributed by atoms with van der Waals surface area (Å²) in [4.78, 5) is 30.1. The van der Waals surface area contributed by atoms with Crippen LogP contribution in [-0.2, 0) is 20.9 Å². The van der Waals surface area contributed by atoms with Gasteiger partial charge in [-0.2, -0.15) is 0 Å². The summed E-state index contributed by atoms with van der Waals surface area (Å²) in [5.41, 5.74) is 0.229. The Morgan fingerprint density at radius 3 is 2.44 bits per heavy atom. The van der Waals surface area contributed by atoms with Gasteiger partial charge in [0.1, 0.15) is 5.41 Å². The van der Waals surface area contributed by atoms with Crippen LogP contribution < -0.4 is 5.32 Å². The van der Waals surface area contributed by atoms with Crippen molar-refractivity contribution in [2.45, 2.75) is 39.3 Å². The zero-order valence-electron chi connectivity index (χ0n) is 16.4. The Hall–Kier alpha value is -1.92. The van der Waals surface area contributed by atoms with Crippen molar-refractivity contribution in [2.75, 3.05) is 39.4 Å². The van der Waals surface area contributed by atoms with Crippen molar-refractivity contribution in [3.05, 3.63) is 35.9 Å². The highest BCUT2D eigenvalue weighted by Crippen LogP contribution is 2.48. The molecule has 6 heteroatoms. The largest absolute Gasteiger partial charge is 0.379 e. The fourth-order valence-electron chi connectivity index (χ4n) is 3.53. The maximum atomic E-state index is 13.2. The lowest BCUT2D eigenvalue weighted by molar-refractivity contribution is -0.146. The second kappa shape index (κ2) is 8.85. The average molecular weight is 373 g/mol. The molecule has 0 spiro atoms. The number of benzene rings is 1. The molecule has 148 valence electrons. The highest BCUT2D eigenvalue weighted by atomic mass is 16.5. The average Bonchev–Trinajstić information content (AvgIpc) is 3.49. The number of ether oxygens (including phenoxy) is 1. The van der Waals surface area contributed by atoms with Crippen LogP contribution in [-0.4, -0.2) is 67.0 Å². The normalized spacial score (nSPS) is 18.9. The van der Waals surface area contributed by atoms with Crippen LogP contribution >= 0.6 is 0 Å². The predicted molar refractivity (Wildman–Crippen MR) is 104 cm³/mol. The number of carbonyl (C=O) groups excluding carboxylic acids is 2. The van der Waals surface area contributed by atoms with Crippen molar-refractivity contribution in [2.24, 2.45) is 5.41 Å². The van der Waals surface area contributed by atoms with Crippen LogP contribution in [0, 0.1) is 5.41 Å². The van der Waals surface area contributed by atoms with Gasteiger partial charge in [-0.25, -0.2) is 0 Å². The molecule has 0 aromatic heterocycles. The topological polar surface area (TPSA) is 61.9 Å². The van der Waals surface area contributed by atoms with E-state index in [1.807, 2.05) is 49.1 Å². The summed E-state index contributed by atoms with van der Waals surface area (Å²) >= 11 is 0. The van der Waals surface area contributed by atoms with Gasteiger partial charge in [-0.15, -0.1) is 0 Å². The summed E-state index contributed by atoms with van der Waals surface area (Å²) in [7, 11) is 0. The molecule has 2 aliphatic rings. The predicted octanol–water partition coefficient (Wildman–Crippen LogP) is 1.65. The van der Waals surface area contributed by atoms with Gasteiger partial charge in [-0.3, -0.25) is 14.5 Å². The van der Waals surface area contributed by atoms with Gasteiger partial charge in [0.25, 0.3) is 0 Å². The first kappa shape index (κ1) is 19.8. The monoisotopic (exact) mass is 373 g/mol. The summed E-state index contributed by atoms with van der Waals surface area (Å²) < 4.78 is 5.34. The number of nitrogens with one attached hydrogen (secondary N) is 1. The van der Waals surface area contributed by atoms with Gasteiger partial charge < -0.3 is 15.0 Å². The Bertz CT molecular complexity index is 637. The molecular weight excluding hydrogens is 342 g/mol. The Morgan fingerprint density at radius 2 is 1.85 bits per heavy atom. The van der Waals surface area contributed by atoms with Gasteiger partial charge in [0.05, 0.1) is 13.2 Å². The van der Waals surface area contributed by atoms with Crippen molar-refractivity contribution in [1.82, 2.24) is 15.1 Å². The first-order chi connectivity index (χ1) is 13.0. The Kier molecular flexibility index (Phi) is 6.50. The molecule has 1 aromatic carbocycles. The van der Waals surface area contributed by atoms with E-state index in [-0.39, 0.29) is 17.9 Å². The number of nitrogens with zero attached hydrogens (tertiary/aromatic N) is 2. The molecule has 1 saturated carbocycles. The molecule has 2 fully saturated rings. The van der Waals surface area contributed by atoms with Crippen LogP contribution in [0.15, 0.2) is 30.3 Å². The quantitative estimate of drug-likeness (QED) is 0.704. The molecule has 0 radical (unpaired) electrons. The number of rotatable bonds is 8. The molecule has 1 N–H and O–H groups in total. The van der Waals surface area contributed by atoms with E-state index in [1.165, 1.54) is 0 Å². The van der Waals surface area contributed by atoms with Crippen molar-refractivity contribution >= 4 is 11.8 Å². The molecule has 0 bridgehead atoms. The van der Waals surface area contributed by atoms with Crippen molar-refractivity contribution in [3.63, 3.8) is 0 Å². The molecule has 1 aromatic rings. The van der Waals surface area contributed by atoms with Crippen molar-refractivity contribution in [3.8, 4) is 0 Å².